The molecule has 3 aromatic rings. The minimum Gasteiger partial charge on any atom is -0.373 e. The van der Waals surface area contributed by atoms with Crippen molar-refractivity contribution in [3.8, 4) is 17.5 Å². The number of aromatic nitrogens is 5. The lowest BCUT2D eigenvalue weighted by molar-refractivity contribution is 0.0436. The van der Waals surface area contributed by atoms with E-state index in [1.807, 2.05) is 4.90 Å². The molecule has 1 aliphatic rings. The van der Waals surface area contributed by atoms with Crippen LogP contribution in [0.3, 0.4) is 0 Å². The maximum atomic E-state index is 13.0. The summed E-state index contributed by atoms with van der Waals surface area (Å²) in [6, 6.07) is 6.62. The van der Waals surface area contributed by atoms with E-state index in [1.54, 1.807) is 12.3 Å². The molecule has 0 spiro atoms. The van der Waals surface area contributed by atoms with Crippen LogP contribution in [0, 0.1) is 11.3 Å². The van der Waals surface area contributed by atoms with Crippen molar-refractivity contribution in [2.45, 2.75) is 19.0 Å². The molecule has 8 nitrogen and oxygen atoms in total. The van der Waals surface area contributed by atoms with Gasteiger partial charge in [0.1, 0.15) is 23.5 Å². The summed E-state index contributed by atoms with van der Waals surface area (Å²) >= 11 is 0. The Kier molecular flexibility index (Phi) is 4.60. The SMILES string of the molecule is N#CCC1CN(c2cc(-c3cnc4ccc(C(F)F)nn34)ncn2)CCO1. The third-order valence-corrected chi connectivity index (χ3v) is 4.30. The molecule has 10 heteroatoms. The van der Waals surface area contributed by atoms with Gasteiger partial charge in [-0.05, 0) is 12.1 Å². The molecule has 0 amide bonds. The molecule has 0 saturated carbocycles. The Morgan fingerprint density at radius 1 is 1.30 bits per heavy atom. The third-order valence-electron chi connectivity index (χ3n) is 4.30. The van der Waals surface area contributed by atoms with Gasteiger partial charge >= 0.3 is 0 Å². The summed E-state index contributed by atoms with van der Waals surface area (Å²) < 4.78 is 32.9. The summed E-state index contributed by atoms with van der Waals surface area (Å²) in [5.41, 5.74) is 1.14. The van der Waals surface area contributed by atoms with E-state index < -0.39 is 6.43 Å². The predicted octanol–water partition coefficient (Wildman–Crippen LogP) is 2.24. The van der Waals surface area contributed by atoms with E-state index in [2.05, 4.69) is 26.1 Å². The molecule has 4 heterocycles. The molecule has 0 radical (unpaired) electrons. The second-order valence-electron chi connectivity index (χ2n) is 6.03. The fourth-order valence-corrected chi connectivity index (χ4v) is 2.99. The Balaban J connectivity index is 1.68. The monoisotopic (exact) mass is 371 g/mol. The molecular formula is C17H15F2N7O. The second-order valence-corrected chi connectivity index (χ2v) is 6.03. The van der Waals surface area contributed by atoms with Crippen molar-refractivity contribution in [1.82, 2.24) is 24.6 Å². The highest BCUT2D eigenvalue weighted by molar-refractivity contribution is 5.62. The summed E-state index contributed by atoms with van der Waals surface area (Å²) in [5, 5.41) is 12.8. The summed E-state index contributed by atoms with van der Waals surface area (Å²) in [5.74, 6) is 0.672. The standard InChI is InChI=1S/C17H15F2N7O/c18-17(19)12-1-2-15-21-8-14(26(15)24-12)13-7-16(23-10-22-13)25-5-6-27-11(9-25)3-4-20/h1-2,7-8,10-11,17H,3,5-6,9H2. The number of nitrogens with zero attached hydrogens (tertiary/aromatic N) is 7. The van der Waals surface area contributed by atoms with Crippen LogP contribution in [0.2, 0.25) is 0 Å². The summed E-state index contributed by atoms with van der Waals surface area (Å²) in [7, 11) is 0. The van der Waals surface area contributed by atoms with Gasteiger partial charge in [0.15, 0.2) is 5.65 Å². The number of fused-ring (bicyclic) bond motifs is 1. The number of alkyl halides is 2. The van der Waals surface area contributed by atoms with Crippen molar-refractivity contribution in [3.63, 3.8) is 0 Å². The van der Waals surface area contributed by atoms with E-state index in [1.165, 1.54) is 23.0 Å². The van der Waals surface area contributed by atoms with Gasteiger partial charge in [0, 0.05) is 19.2 Å². The summed E-state index contributed by atoms with van der Waals surface area (Å²) in [6.07, 6.45) is 0.420. The fraction of sp³-hybridized carbons (Fsp3) is 0.353. The molecule has 1 unspecified atom stereocenters. The summed E-state index contributed by atoms with van der Waals surface area (Å²) in [6.45, 7) is 1.69. The number of hydrogen-bond acceptors (Lipinski definition) is 7. The molecule has 1 atom stereocenters. The zero-order valence-electron chi connectivity index (χ0n) is 14.2. The van der Waals surface area contributed by atoms with Crippen LogP contribution in [-0.4, -0.2) is 50.4 Å². The van der Waals surface area contributed by atoms with Gasteiger partial charge in [-0.15, -0.1) is 0 Å². The Labute approximate surface area is 153 Å². The van der Waals surface area contributed by atoms with Crippen LogP contribution in [-0.2, 0) is 4.74 Å². The molecule has 0 aliphatic carbocycles. The van der Waals surface area contributed by atoms with Crippen LogP contribution in [0.4, 0.5) is 14.6 Å². The average molecular weight is 371 g/mol. The van der Waals surface area contributed by atoms with E-state index in [0.717, 1.165) is 0 Å². The van der Waals surface area contributed by atoms with Gasteiger partial charge in [0.05, 0.1) is 37.1 Å². The van der Waals surface area contributed by atoms with Gasteiger partial charge in [-0.1, -0.05) is 0 Å². The van der Waals surface area contributed by atoms with Crippen molar-refractivity contribution in [1.29, 1.82) is 5.26 Å². The lowest BCUT2D eigenvalue weighted by Gasteiger charge is -2.32. The largest absolute Gasteiger partial charge is 0.373 e. The first-order chi connectivity index (χ1) is 13.2. The van der Waals surface area contributed by atoms with E-state index in [0.29, 0.717) is 49.0 Å². The van der Waals surface area contributed by atoms with Gasteiger partial charge in [0.2, 0.25) is 0 Å². The van der Waals surface area contributed by atoms with Gasteiger partial charge in [-0.3, -0.25) is 0 Å². The van der Waals surface area contributed by atoms with Crippen molar-refractivity contribution in [2.75, 3.05) is 24.6 Å². The van der Waals surface area contributed by atoms with E-state index in [-0.39, 0.29) is 11.8 Å². The molecule has 1 fully saturated rings. The van der Waals surface area contributed by atoms with Crippen LogP contribution in [0.15, 0.2) is 30.7 Å². The predicted molar refractivity (Wildman–Crippen MR) is 91.2 cm³/mol. The zero-order chi connectivity index (χ0) is 18.8. The van der Waals surface area contributed by atoms with Gasteiger partial charge < -0.3 is 9.64 Å². The highest BCUT2D eigenvalue weighted by Gasteiger charge is 2.22. The lowest BCUT2D eigenvalue weighted by Crippen LogP contribution is -2.42. The Morgan fingerprint density at radius 3 is 3.00 bits per heavy atom. The van der Waals surface area contributed by atoms with Crippen LogP contribution in [0.1, 0.15) is 18.5 Å². The molecule has 138 valence electrons. The number of nitriles is 1. The highest BCUT2D eigenvalue weighted by Crippen LogP contribution is 2.24. The van der Waals surface area contributed by atoms with E-state index in [4.69, 9.17) is 10.00 Å². The maximum absolute atomic E-state index is 13.0. The van der Waals surface area contributed by atoms with Gasteiger partial charge in [-0.2, -0.15) is 10.4 Å². The van der Waals surface area contributed by atoms with Gasteiger partial charge in [-0.25, -0.2) is 28.2 Å². The minimum absolute atomic E-state index is 0.173. The number of morpholine rings is 1. The highest BCUT2D eigenvalue weighted by atomic mass is 19.3. The Bertz CT molecular complexity index is 1000. The molecule has 0 bridgehead atoms. The molecule has 0 N–H and O–H groups in total. The molecule has 0 aromatic carbocycles. The first kappa shape index (κ1) is 17.2. The van der Waals surface area contributed by atoms with Crippen LogP contribution >= 0.6 is 0 Å². The molecule has 3 aromatic heterocycles. The fourth-order valence-electron chi connectivity index (χ4n) is 2.99. The molecule has 4 rings (SSSR count). The number of rotatable bonds is 4. The normalized spacial score (nSPS) is 17.4. The quantitative estimate of drug-likeness (QED) is 0.694. The van der Waals surface area contributed by atoms with Crippen LogP contribution in [0.25, 0.3) is 17.0 Å². The van der Waals surface area contributed by atoms with E-state index in [9.17, 15) is 8.78 Å². The van der Waals surface area contributed by atoms with Crippen LogP contribution in [0.5, 0.6) is 0 Å². The minimum atomic E-state index is -2.67. The van der Waals surface area contributed by atoms with Crippen LogP contribution < -0.4 is 4.90 Å². The first-order valence-electron chi connectivity index (χ1n) is 8.34. The molecular weight excluding hydrogens is 356 g/mol. The first-order valence-corrected chi connectivity index (χ1v) is 8.34. The topological polar surface area (TPSA) is 92.2 Å². The van der Waals surface area contributed by atoms with Crippen molar-refractivity contribution in [3.05, 3.63) is 36.4 Å². The Hall–Kier alpha value is -3.19. The van der Waals surface area contributed by atoms with E-state index >= 15 is 0 Å². The lowest BCUT2D eigenvalue weighted by atomic mass is 10.2. The molecule has 1 saturated heterocycles. The van der Waals surface area contributed by atoms with Gasteiger partial charge in [0.25, 0.3) is 6.43 Å². The Morgan fingerprint density at radius 2 is 2.19 bits per heavy atom. The number of ether oxygens (including phenoxy) is 1. The summed E-state index contributed by atoms with van der Waals surface area (Å²) in [4.78, 5) is 14.8. The maximum Gasteiger partial charge on any atom is 0.282 e. The second kappa shape index (κ2) is 7.20. The van der Waals surface area contributed by atoms with Crippen molar-refractivity contribution < 1.29 is 13.5 Å². The number of hydrogen-bond donors (Lipinski definition) is 0. The zero-order valence-corrected chi connectivity index (χ0v) is 14.2. The van der Waals surface area contributed by atoms with Crippen molar-refractivity contribution >= 4 is 11.5 Å². The van der Waals surface area contributed by atoms with Crippen molar-refractivity contribution in [2.24, 2.45) is 0 Å². The average Bonchev–Trinajstić information content (AvgIpc) is 3.12. The molecule has 1 aliphatic heterocycles. The smallest absolute Gasteiger partial charge is 0.282 e. The molecule has 27 heavy (non-hydrogen) atoms. The number of anilines is 1. The number of imidazole rings is 1. The number of halogens is 2. The third kappa shape index (κ3) is 3.41.